The minimum absolute atomic E-state index is 0.0692. The van der Waals surface area contributed by atoms with Gasteiger partial charge in [-0.05, 0) is 57.4 Å². The number of nitrogens with one attached hydrogen (secondary N) is 1. The Balaban J connectivity index is 0.000000215. The van der Waals surface area contributed by atoms with Crippen molar-refractivity contribution in [2.75, 3.05) is 24.7 Å². The van der Waals surface area contributed by atoms with Crippen molar-refractivity contribution in [1.82, 2.24) is 14.6 Å². The third-order valence-corrected chi connectivity index (χ3v) is 8.23. The van der Waals surface area contributed by atoms with Crippen LogP contribution < -0.4 is 5.32 Å². The van der Waals surface area contributed by atoms with Crippen LogP contribution in [0.15, 0.2) is 45.4 Å². The van der Waals surface area contributed by atoms with E-state index in [9.17, 15) is 33.0 Å². The molecule has 4 aromatic rings. The van der Waals surface area contributed by atoms with Gasteiger partial charge in [-0.15, -0.1) is 0 Å². The van der Waals surface area contributed by atoms with Crippen LogP contribution in [-0.2, 0) is 10.0 Å². The number of aromatic nitrogens is 2. The maximum atomic E-state index is 13.2. The Morgan fingerprint density at radius 2 is 1.42 bits per heavy atom. The summed E-state index contributed by atoms with van der Waals surface area (Å²) in [6, 6.07) is 8.44. The molecule has 228 valence electrons. The van der Waals surface area contributed by atoms with Crippen molar-refractivity contribution in [1.29, 1.82) is 0 Å². The predicted octanol–water partition coefficient (Wildman–Crippen LogP) is 5.32. The summed E-state index contributed by atoms with van der Waals surface area (Å²) in [4.78, 5) is 21.0. The van der Waals surface area contributed by atoms with Gasteiger partial charge in [0.2, 0.25) is 15.8 Å². The van der Waals surface area contributed by atoms with Crippen LogP contribution in [-0.4, -0.2) is 58.3 Å². The lowest BCUT2D eigenvalue weighted by molar-refractivity contribution is -0.387. The molecule has 0 aliphatic carbocycles. The fraction of sp³-hybridized carbons (Fsp3) is 0.333. The summed E-state index contributed by atoms with van der Waals surface area (Å²) in [5, 5.41) is 32.9. The molecule has 3 heterocycles. The Bertz CT molecular complexity index is 1760. The van der Waals surface area contributed by atoms with Gasteiger partial charge >= 0.3 is 5.69 Å². The van der Waals surface area contributed by atoms with Crippen molar-refractivity contribution in [3.8, 4) is 22.3 Å². The third kappa shape index (κ3) is 6.86. The average Bonchev–Trinajstić information content (AvgIpc) is 3.64. The van der Waals surface area contributed by atoms with Crippen LogP contribution in [0.2, 0.25) is 0 Å². The molecular weight excluding hydrogens is 587 g/mol. The monoisotopic (exact) mass is 616 g/mol. The second-order valence-electron chi connectivity index (χ2n) is 10.1. The van der Waals surface area contributed by atoms with E-state index in [-0.39, 0.29) is 11.7 Å². The quantitative estimate of drug-likeness (QED) is 0.209. The van der Waals surface area contributed by atoms with Crippen LogP contribution in [0.3, 0.4) is 0 Å². The van der Waals surface area contributed by atoms with Gasteiger partial charge in [0.15, 0.2) is 0 Å². The van der Waals surface area contributed by atoms with E-state index in [1.54, 1.807) is 39.8 Å². The molecule has 14 nitrogen and oxygen atoms in total. The van der Waals surface area contributed by atoms with E-state index in [0.29, 0.717) is 64.8 Å². The Morgan fingerprint density at radius 1 is 0.907 bits per heavy atom. The van der Waals surface area contributed by atoms with Gasteiger partial charge in [-0.2, -0.15) is 4.39 Å². The number of hydrogen-bond acceptors (Lipinski definition) is 11. The molecule has 0 saturated carbocycles. The van der Waals surface area contributed by atoms with E-state index in [1.807, 2.05) is 0 Å². The van der Waals surface area contributed by atoms with Crippen LogP contribution >= 0.6 is 0 Å². The number of nitro groups is 2. The lowest BCUT2D eigenvalue weighted by atomic mass is 10.0. The normalized spacial score (nSPS) is 15.2. The van der Waals surface area contributed by atoms with Crippen LogP contribution in [0.5, 0.6) is 0 Å². The average molecular weight is 617 g/mol. The zero-order valence-corrected chi connectivity index (χ0v) is 24.8. The van der Waals surface area contributed by atoms with E-state index in [1.165, 1.54) is 22.5 Å². The number of nitro benzene ring substituents is 2. The summed E-state index contributed by atoms with van der Waals surface area (Å²) in [7, 11) is -3.26. The van der Waals surface area contributed by atoms with Crippen molar-refractivity contribution in [2.24, 2.45) is 0 Å². The fourth-order valence-corrected chi connectivity index (χ4v) is 5.81. The molecule has 0 bridgehead atoms. The van der Waals surface area contributed by atoms with Crippen LogP contribution in [0.1, 0.15) is 29.3 Å². The van der Waals surface area contributed by atoms with Gasteiger partial charge < -0.3 is 14.4 Å². The molecular formula is C27H29FN6O8S. The summed E-state index contributed by atoms with van der Waals surface area (Å²) >= 11 is 0. The summed E-state index contributed by atoms with van der Waals surface area (Å²) in [6.45, 7) is 7.66. The largest absolute Gasteiger partial charge is 0.375 e. The van der Waals surface area contributed by atoms with Crippen molar-refractivity contribution in [3.63, 3.8) is 0 Å². The minimum Gasteiger partial charge on any atom is -0.375 e. The van der Waals surface area contributed by atoms with E-state index in [4.69, 9.17) is 9.05 Å². The van der Waals surface area contributed by atoms with E-state index in [2.05, 4.69) is 15.6 Å². The number of sulfonamides is 1. The molecule has 2 aromatic carbocycles. The third-order valence-electron chi connectivity index (χ3n) is 6.96. The number of anilines is 1. The summed E-state index contributed by atoms with van der Waals surface area (Å²) in [6.07, 6.45) is 1.76. The fourth-order valence-electron chi connectivity index (χ4n) is 4.93. The Labute approximate surface area is 245 Å². The molecule has 1 aliphatic rings. The zero-order chi connectivity index (χ0) is 31.6. The highest BCUT2D eigenvalue weighted by Gasteiger charge is 2.30. The first kappa shape index (κ1) is 31.2. The molecule has 43 heavy (non-hydrogen) atoms. The molecule has 1 N–H and O–H groups in total. The molecule has 0 unspecified atom stereocenters. The number of nitrogens with zero attached hydrogens (tertiary/aromatic N) is 5. The van der Waals surface area contributed by atoms with Gasteiger partial charge in [0.05, 0.1) is 27.5 Å². The second kappa shape index (κ2) is 12.3. The molecule has 1 aliphatic heterocycles. The standard InChI is InChI=1S/C16H20N4O5S.C11H9FN2O3/c1-10-16(11(2)25-18-10)12-4-5-14(15(8-12)20(21)22)17-13-6-7-19(9-13)26(3,23)24;1-6-11(7(2)17-13-6)8-3-4-9(12)10(5-8)14(15)16/h4-5,8,13,17H,6-7,9H2,1-3H3;3-5H,1-2H3/t13-;/m1./s1. The number of benzene rings is 2. The highest BCUT2D eigenvalue weighted by atomic mass is 32.2. The van der Waals surface area contributed by atoms with E-state index in [0.717, 1.165) is 17.9 Å². The van der Waals surface area contributed by atoms with E-state index < -0.39 is 31.4 Å². The van der Waals surface area contributed by atoms with Crippen LogP contribution in [0.25, 0.3) is 22.3 Å². The Morgan fingerprint density at radius 3 is 1.86 bits per heavy atom. The molecule has 0 spiro atoms. The first-order valence-electron chi connectivity index (χ1n) is 13.0. The number of halogens is 1. The van der Waals surface area contributed by atoms with Gasteiger partial charge in [0, 0.05) is 42.4 Å². The lowest BCUT2D eigenvalue weighted by Crippen LogP contribution is -2.30. The first-order chi connectivity index (χ1) is 20.2. The number of aryl methyl sites for hydroxylation is 4. The molecule has 0 amide bonds. The summed E-state index contributed by atoms with van der Waals surface area (Å²) in [5.41, 5.74) is 3.60. The predicted molar refractivity (Wildman–Crippen MR) is 155 cm³/mol. The minimum atomic E-state index is -3.26. The van der Waals surface area contributed by atoms with E-state index >= 15 is 0 Å². The number of rotatable bonds is 7. The molecule has 1 saturated heterocycles. The molecule has 2 aromatic heterocycles. The molecule has 16 heteroatoms. The Hall–Kier alpha value is -4.70. The van der Waals surface area contributed by atoms with Gasteiger partial charge in [0.25, 0.3) is 5.69 Å². The van der Waals surface area contributed by atoms with Crippen molar-refractivity contribution >= 4 is 27.1 Å². The van der Waals surface area contributed by atoms with Gasteiger partial charge in [-0.3, -0.25) is 20.2 Å². The van der Waals surface area contributed by atoms with Crippen molar-refractivity contribution < 1.29 is 31.7 Å². The SMILES string of the molecule is Cc1noc(C)c1-c1ccc(F)c([N+](=O)[O-])c1.Cc1noc(C)c1-c1ccc(N[C@@H]2CCN(S(C)(=O)=O)C2)c([N+](=O)[O-])c1. The smallest absolute Gasteiger partial charge is 0.305 e. The Kier molecular flexibility index (Phi) is 8.91. The van der Waals surface area contributed by atoms with Crippen LogP contribution in [0.4, 0.5) is 21.5 Å². The maximum Gasteiger partial charge on any atom is 0.305 e. The number of hydrogen-bond donors (Lipinski definition) is 1. The van der Waals surface area contributed by atoms with Crippen LogP contribution in [0, 0.1) is 53.7 Å². The lowest BCUT2D eigenvalue weighted by Gasteiger charge is -2.16. The zero-order valence-electron chi connectivity index (χ0n) is 24.0. The summed E-state index contributed by atoms with van der Waals surface area (Å²) < 4.78 is 47.9. The molecule has 0 radical (unpaired) electrons. The highest BCUT2D eigenvalue weighted by Crippen LogP contribution is 2.35. The topological polar surface area (TPSA) is 188 Å². The molecule has 5 rings (SSSR count). The van der Waals surface area contributed by atoms with Gasteiger partial charge in [0.1, 0.15) is 17.2 Å². The van der Waals surface area contributed by atoms with Crippen molar-refractivity contribution in [3.05, 3.63) is 85.4 Å². The maximum absolute atomic E-state index is 13.2. The highest BCUT2D eigenvalue weighted by molar-refractivity contribution is 7.88. The first-order valence-corrected chi connectivity index (χ1v) is 14.8. The van der Waals surface area contributed by atoms with Gasteiger partial charge in [-0.25, -0.2) is 12.7 Å². The molecule has 1 fully saturated rings. The molecule has 1 atom stereocenters. The summed E-state index contributed by atoms with van der Waals surface area (Å²) in [5.74, 6) is 0.283. The second-order valence-corrected chi connectivity index (χ2v) is 12.0. The van der Waals surface area contributed by atoms with Gasteiger partial charge in [-0.1, -0.05) is 22.4 Å². The van der Waals surface area contributed by atoms with Crippen molar-refractivity contribution in [2.45, 2.75) is 40.2 Å².